The second-order valence-electron chi connectivity index (χ2n) is 9.09. The number of benzene rings is 4. The van der Waals surface area contributed by atoms with Crippen LogP contribution in [-0.4, -0.2) is 4.98 Å². The largest absolute Gasteiger partial charge is 0.416 e. The van der Waals surface area contributed by atoms with Crippen LogP contribution in [0.15, 0.2) is 103 Å². The first-order chi connectivity index (χ1) is 19.1. The lowest BCUT2D eigenvalue weighted by atomic mass is 9.91. The summed E-state index contributed by atoms with van der Waals surface area (Å²) in [5.74, 6) is 0. The van der Waals surface area contributed by atoms with Gasteiger partial charge in [-0.2, -0.15) is 26.3 Å². The fourth-order valence-electron chi connectivity index (χ4n) is 4.44. The number of para-hydroxylation sites is 1. The molecule has 40 heavy (non-hydrogen) atoms. The molecule has 0 fully saturated rings. The Labute approximate surface area is 226 Å². The highest BCUT2D eigenvalue weighted by Gasteiger charge is 2.37. The number of pyridine rings is 1. The molecule has 0 aliphatic rings. The Hall–Kier alpha value is -4.65. The van der Waals surface area contributed by atoms with Gasteiger partial charge in [0.2, 0.25) is 0 Å². The fourth-order valence-corrected chi connectivity index (χ4v) is 4.44. The molecule has 0 unspecified atom stereocenters. The summed E-state index contributed by atoms with van der Waals surface area (Å²) in [6.45, 7) is 0. The van der Waals surface area contributed by atoms with Gasteiger partial charge in [-0.15, -0.1) is 0 Å². The van der Waals surface area contributed by atoms with Gasteiger partial charge in [-0.25, -0.2) is 4.98 Å². The van der Waals surface area contributed by atoms with Crippen LogP contribution in [0.2, 0.25) is 0 Å². The van der Waals surface area contributed by atoms with Gasteiger partial charge in [-0.05, 0) is 52.6 Å². The van der Waals surface area contributed by atoms with Gasteiger partial charge in [0.25, 0.3) is 0 Å². The van der Waals surface area contributed by atoms with Gasteiger partial charge in [0.1, 0.15) is 0 Å². The average Bonchev–Trinajstić information content (AvgIpc) is 2.94. The molecular formula is C33H21F6N. The quantitative estimate of drug-likeness (QED) is 0.200. The van der Waals surface area contributed by atoms with Crippen LogP contribution in [0.4, 0.5) is 26.3 Å². The Morgan fingerprint density at radius 2 is 1.02 bits per heavy atom. The van der Waals surface area contributed by atoms with Gasteiger partial charge >= 0.3 is 12.4 Å². The van der Waals surface area contributed by atoms with Gasteiger partial charge in [0.05, 0.1) is 22.3 Å². The van der Waals surface area contributed by atoms with Gasteiger partial charge in [-0.1, -0.05) is 97.1 Å². The van der Waals surface area contributed by atoms with Crippen LogP contribution in [0.3, 0.4) is 0 Å². The minimum Gasteiger partial charge on any atom is -0.248 e. The maximum Gasteiger partial charge on any atom is 0.416 e. The van der Waals surface area contributed by atoms with Gasteiger partial charge in [0.15, 0.2) is 0 Å². The summed E-state index contributed by atoms with van der Waals surface area (Å²) in [7, 11) is 0. The van der Waals surface area contributed by atoms with E-state index in [-0.39, 0.29) is 22.9 Å². The minimum atomic E-state index is -4.99. The fraction of sp³-hybridized carbons (Fsp3) is 0.0606. The Balaban J connectivity index is 1.85. The van der Waals surface area contributed by atoms with Crippen molar-refractivity contribution in [1.29, 1.82) is 0 Å². The molecule has 0 N–H and O–H groups in total. The second-order valence-corrected chi connectivity index (χ2v) is 9.09. The van der Waals surface area contributed by atoms with Crippen molar-refractivity contribution >= 4 is 35.2 Å². The number of hydrogen-bond donors (Lipinski definition) is 0. The van der Waals surface area contributed by atoms with Crippen molar-refractivity contribution in [2.75, 3.05) is 0 Å². The van der Waals surface area contributed by atoms with Crippen LogP contribution in [0.25, 0.3) is 46.3 Å². The molecule has 1 heterocycles. The van der Waals surface area contributed by atoms with E-state index < -0.39 is 23.5 Å². The van der Waals surface area contributed by atoms with Gasteiger partial charge < -0.3 is 0 Å². The van der Waals surface area contributed by atoms with Crippen molar-refractivity contribution < 1.29 is 26.3 Å². The number of rotatable bonds is 5. The number of aromatic nitrogens is 1. The summed E-state index contributed by atoms with van der Waals surface area (Å²) in [6.07, 6.45) is -3.15. The van der Waals surface area contributed by atoms with Crippen LogP contribution >= 0.6 is 0 Å². The SMILES string of the molecule is FC(F)(F)c1cc(-c2c(C=Cc3ccccc3)nc3ccccc3c2C=Cc2ccccc2)cc(C(F)(F)F)c1. The number of fused-ring (bicyclic) bond motifs is 1. The molecule has 0 spiro atoms. The first kappa shape index (κ1) is 26.9. The summed E-state index contributed by atoms with van der Waals surface area (Å²) < 4.78 is 83.0. The normalized spacial score (nSPS) is 12.6. The molecule has 7 heteroatoms. The molecule has 5 rings (SSSR count). The molecule has 0 aliphatic carbocycles. The number of nitrogens with zero attached hydrogens (tertiary/aromatic N) is 1. The zero-order valence-electron chi connectivity index (χ0n) is 20.8. The minimum absolute atomic E-state index is 0.136. The number of alkyl halides is 6. The Kier molecular flexibility index (Phi) is 7.30. The third-order valence-electron chi connectivity index (χ3n) is 6.31. The van der Waals surface area contributed by atoms with Crippen LogP contribution in [0, 0.1) is 0 Å². The predicted molar refractivity (Wildman–Crippen MR) is 148 cm³/mol. The molecule has 4 aromatic carbocycles. The topological polar surface area (TPSA) is 12.9 Å². The lowest BCUT2D eigenvalue weighted by Crippen LogP contribution is -2.11. The smallest absolute Gasteiger partial charge is 0.248 e. The third-order valence-corrected chi connectivity index (χ3v) is 6.31. The first-order valence-corrected chi connectivity index (χ1v) is 12.3. The van der Waals surface area contributed by atoms with Crippen LogP contribution in [-0.2, 0) is 12.4 Å². The molecular weight excluding hydrogens is 524 g/mol. The summed E-state index contributed by atoms with van der Waals surface area (Å²) in [6, 6.07) is 27.0. The molecule has 0 amide bonds. The monoisotopic (exact) mass is 545 g/mol. The van der Waals surface area contributed by atoms with Crippen molar-refractivity contribution in [3.63, 3.8) is 0 Å². The summed E-state index contributed by atoms with van der Waals surface area (Å²) in [5.41, 5.74) is 0.00554. The van der Waals surface area contributed by atoms with E-state index in [1.54, 1.807) is 48.6 Å². The molecule has 1 aromatic heterocycles. The van der Waals surface area contributed by atoms with Gasteiger partial charge in [0, 0.05) is 10.9 Å². The lowest BCUT2D eigenvalue weighted by Gasteiger charge is -2.18. The summed E-state index contributed by atoms with van der Waals surface area (Å²) >= 11 is 0. The van der Waals surface area contributed by atoms with E-state index in [0.717, 1.165) is 23.3 Å². The van der Waals surface area contributed by atoms with Crippen molar-refractivity contribution in [3.05, 3.63) is 137 Å². The van der Waals surface area contributed by atoms with Crippen molar-refractivity contribution in [2.24, 2.45) is 0 Å². The molecule has 0 atom stereocenters. The maximum atomic E-state index is 13.8. The Morgan fingerprint density at radius 1 is 0.525 bits per heavy atom. The van der Waals surface area contributed by atoms with E-state index in [9.17, 15) is 26.3 Å². The highest BCUT2D eigenvalue weighted by molar-refractivity contribution is 6.00. The highest BCUT2D eigenvalue weighted by Crippen LogP contribution is 2.42. The first-order valence-electron chi connectivity index (χ1n) is 12.3. The van der Waals surface area contributed by atoms with E-state index in [4.69, 9.17) is 0 Å². The maximum absolute atomic E-state index is 13.8. The molecule has 0 saturated heterocycles. The van der Waals surface area contributed by atoms with E-state index in [1.807, 2.05) is 60.7 Å². The Bertz CT molecular complexity index is 1670. The third kappa shape index (κ3) is 5.99. The zero-order valence-corrected chi connectivity index (χ0v) is 20.8. The molecule has 1 nitrogen and oxygen atoms in total. The summed E-state index contributed by atoms with van der Waals surface area (Å²) in [5, 5.41) is 0.590. The molecule has 0 bridgehead atoms. The summed E-state index contributed by atoms with van der Waals surface area (Å²) in [4.78, 5) is 4.68. The molecule has 0 aliphatic heterocycles. The van der Waals surface area contributed by atoms with Crippen LogP contribution in [0.1, 0.15) is 33.5 Å². The molecule has 5 aromatic rings. The van der Waals surface area contributed by atoms with Crippen LogP contribution in [0.5, 0.6) is 0 Å². The predicted octanol–water partition coefficient (Wildman–Crippen LogP) is 10.3. The van der Waals surface area contributed by atoms with Crippen LogP contribution < -0.4 is 0 Å². The van der Waals surface area contributed by atoms with E-state index in [0.29, 0.717) is 16.5 Å². The van der Waals surface area contributed by atoms with Crippen molar-refractivity contribution in [1.82, 2.24) is 4.98 Å². The molecule has 0 saturated carbocycles. The molecule has 200 valence electrons. The van der Waals surface area contributed by atoms with Gasteiger partial charge in [-0.3, -0.25) is 0 Å². The zero-order chi connectivity index (χ0) is 28.3. The van der Waals surface area contributed by atoms with Crippen molar-refractivity contribution in [2.45, 2.75) is 12.4 Å². The second kappa shape index (κ2) is 10.8. The Morgan fingerprint density at radius 3 is 1.57 bits per heavy atom. The average molecular weight is 546 g/mol. The van der Waals surface area contributed by atoms with E-state index >= 15 is 0 Å². The van der Waals surface area contributed by atoms with E-state index in [2.05, 4.69) is 4.98 Å². The lowest BCUT2D eigenvalue weighted by molar-refractivity contribution is -0.143. The highest BCUT2D eigenvalue weighted by atomic mass is 19.4. The number of hydrogen-bond acceptors (Lipinski definition) is 1. The van der Waals surface area contributed by atoms with E-state index in [1.165, 1.54) is 0 Å². The standard InChI is InChI=1S/C33H21F6N/c34-32(35,36)25-19-24(20-26(21-25)33(37,38)39)31-28(17-15-22-9-3-1-4-10-22)27-13-7-8-14-29(27)40-30(31)18-16-23-11-5-2-6-12-23/h1-21H. The molecule has 0 radical (unpaired) electrons. The van der Waals surface area contributed by atoms with Crippen molar-refractivity contribution in [3.8, 4) is 11.1 Å². The number of halogens is 6.